The minimum absolute atomic E-state index is 0.127. The lowest BCUT2D eigenvalue weighted by Gasteiger charge is -2.13. The van der Waals surface area contributed by atoms with Gasteiger partial charge in [0.25, 0.3) is 0 Å². The van der Waals surface area contributed by atoms with Gasteiger partial charge in [-0.05, 0) is 18.6 Å². The number of phenolic OH excluding ortho intramolecular Hbond substituents is 2. The van der Waals surface area contributed by atoms with Crippen LogP contribution in [-0.2, 0) is 6.42 Å². The van der Waals surface area contributed by atoms with Crippen molar-refractivity contribution in [2.45, 2.75) is 32.6 Å². The van der Waals surface area contributed by atoms with Crippen molar-refractivity contribution in [2.75, 3.05) is 0 Å². The number of carbonyl (C=O) groups excluding carboxylic acids is 1. The second-order valence-electron chi connectivity index (χ2n) is 3.93. The second kappa shape index (κ2) is 4.69. The van der Waals surface area contributed by atoms with E-state index in [1.165, 1.54) is 0 Å². The van der Waals surface area contributed by atoms with Gasteiger partial charge in [0, 0.05) is 12.5 Å². The molecule has 0 spiro atoms. The summed E-state index contributed by atoms with van der Waals surface area (Å²) < 4.78 is 25.8. The first kappa shape index (κ1) is 13.4. The van der Waals surface area contributed by atoms with E-state index in [4.69, 9.17) is 0 Å². The molecule has 1 aromatic rings. The molecule has 1 rings (SSSR count). The Kier molecular flexibility index (Phi) is 3.70. The van der Waals surface area contributed by atoms with Gasteiger partial charge in [0.15, 0.2) is 0 Å². The van der Waals surface area contributed by atoms with E-state index in [0.717, 1.165) is 12.1 Å². The summed E-state index contributed by atoms with van der Waals surface area (Å²) in [6.07, 6.45) is 0.926. The topological polar surface area (TPSA) is 57.5 Å². The minimum atomic E-state index is -3.54. The van der Waals surface area contributed by atoms with E-state index >= 15 is 0 Å². The number of aromatic hydroxyl groups is 2. The summed E-state index contributed by atoms with van der Waals surface area (Å²) in [6, 6.07) is 2.15. The average Bonchev–Trinajstić information content (AvgIpc) is 2.22. The van der Waals surface area contributed by atoms with Gasteiger partial charge in [0.05, 0.1) is 5.56 Å². The van der Waals surface area contributed by atoms with Gasteiger partial charge in [-0.3, -0.25) is 4.79 Å². The second-order valence-corrected chi connectivity index (χ2v) is 3.93. The van der Waals surface area contributed by atoms with Crippen molar-refractivity contribution in [2.24, 2.45) is 0 Å². The zero-order valence-corrected chi connectivity index (χ0v) is 9.63. The quantitative estimate of drug-likeness (QED) is 0.800. The molecule has 0 fully saturated rings. The molecule has 3 nitrogen and oxygen atoms in total. The summed E-state index contributed by atoms with van der Waals surface area (Å²) >= 11 is 0. The molecule has 0 unspecified atom stereocenters. The van der Waals surface area contributed by atoms with Crippen molar-refractivity contribution in [1.82, 2.24) is 0 Å². The Morgan fingerprint density at radius 2 is 1.94 bits per heavy atom. The average molecular weight is 244 g/mol. The van der Waals surface area contributed by atoms with Gasteiger partial charge in [0.1, 0.15) is 11.5 Å². The molecule has 0 bridgehead atoms. The number of ketones is 1. The molecule has 5 heteroatoms. The van der Waals surface area contributed by atoms with E-state index in [9.17, 15) is 23.8 Å². The van der Waals surface area contributed by atoms with Crippen LogP contribution in [0.1, 0.15) is 36.2 Å². The molecule has 0 saturated carbocycles. The van der Waals surface area contributed by atoms with Crippen LogP contribution in [0.5, 0.6) is 11.5 Å². The van der Waals surface area contributed by atoms with Gasteiger partial charge >= 0.3 is 5.92 Å². The largest absolute Gasteiger partial charge is 0.508 e. The summed E-state index contributed by atoms with van der Waals surface area (Å²) in [4.78, 5) is 11.4. The first-order valence-corrected chi connectivity index (χ1v) is 5.25. The van der Waals surface area contributed by atoms with Crippen LogP contribution in [-0.4, -0.2) is 21.9 Å². The maximum atomic E-state index is 12.9. The van der Waals surface area contributed by atoms with Crippen LogP contribution in [0, 0.1) is 0 Å². The standard InChI is InChI=1S/C12H14F2O3/c1-3-4-7-9(15)6-5-8(10(7)16)11(17)12(2,13)14/h5-6,15-16H,3-4H2,1-2H3. The Bertz CT molecular complexity index is 436. The number of phenols is 2. The van der Waals surface area contributed by atoms with E-state index < -0.39 is 23.0 Å². The van der Waals surface area contributed by atoms with E-state index in [-0.39, 0.29) is 11.3 Å². The number of hydrogen-bond donors (Lipinski definition) is 2. The highest BCUT2D eigenvalue weighted by Crippen LogP contribution is 2.34. The monoisotopic (exact) mass is 244 g/mol. The van der Waals surface area contributed by atoms with Crippen molar-refractivity contribution in [3.8, 4) is 11.5 Å². The summed E-state index contributed by atoms with van der Waals surface area (Å²) in [5, 5.41) is 19.2. The molecule has 0 atom stereocenters. The molecule has 0 aliphatic heterocycles. The molecule has 0 aromatic heterocycles. The van der Waals surface area contributed by atoms with Gasteiger partial charge in [-0.1, -0.05) is 13.3 Å². The van der Waals surface area contributed by atoms with Crippen LogP contribution >= 0.6 is 0 Å². The maximum Gasteiger partial charge on any atom is 0.307 e. The van der Waals surface area contributed by atoms with Crippen LogP contribution in [0.3, 0.4) is 0 Å². The highest BCUT2D eigenvalue weighted by molar-refractivity contribution is 6.03. The summed E-state index contributed by atoms with van der Waals surface area (Å²) in [5.41, 5.74) is -0.332. The highest BCUT2D eigenvalue weighted by Gasteiger charge is 2.35. The van der Waals surface area contributed by atoms with Gasteiger partial charge in [-0.15, -0.1) is 0 Å². The van der Waals surface area contributed by atoms with Crippen LogP contribution in [0.2, 0.25) is 0 Å². The van der Waals surface area contributed by atoms with Crippen LogP contribution in [0.4, 0.5) is 8.78 Å². The molecule has 17 heavy (non-hydrogen) atoms. The summed E-state index contributed by atoms with van der Waals surface area (Å²) in [7, 11) is 0. The zero-order valence-electron chi connectivity index (χ0n) is 9.63. The molecule has 0 saturated heterocycles. The summed E-state index contributed by atoms with van der Waals surface area (Å²) in [6.45, 7) is 2.28. The normalized spacial score (nSPS) is 11.5. The third kappa shape index (κ3) is 2.72. The molecule has 0 amide bonds. The summed E-state index contributed by atoms with van der Waals surface area (Å²) in [5.74, 6) is -5.75. The van der Waals surface area contributed by atoms with Gasteiger partial charge < -0.3 is 10.2 Å². The number of Topliss-reactive ketones (excluding diaryl/α,β-unsaturated/α-hetero) is 1. The number of halogens is 2. The first-order chi connectivity index (χ1) is 7.79. The number of alkyl halides is 2. The number of benzene rings is 1. The predicted octanol–water partition coefficient (Wildman–Crippen LogP) is 2.89. The predicted molar refractivity (Wildman–Crippen MR) is 58.7 cm³/mol. The fraction of sp³-hybridized carbons (Fsp3) is 0.417. The Hall–Kier alpha value is -1.65. The Labute approximate surface area is 97.7 Å². The maximum absolute atomic E-state index is 12.9. The van der Waals surface area contributed by atoms with Crippen molar-refractivity contribution in [3.63, 3.8) is 0 Å². The number of hydrogen-bond acceptors (Lipinski definition) is 3. The van der Waals surface area contributed by atoms with Crippen molar-refractivity contribution < 1.29 is 23.8 Å². The molecule has 94 valence electrons. The zero-order chi connectivity index (χ0) is 13.2. The van der Waals surface area contributed by atoms with Crippen LogP contribution < -0.4 is 0 Å². The fourth-order valence-corrected chi connectivity index (χ4v) is 1.54. The smallest absolute Gasteiger partial charge is 0.307 e. The number of rotatable bonds is 4. The SMILES string of the molecule is CCCc1c(O)ccc(C(=O)C(C)(F)F)c1O. The fourth-order valence-electron chi connectivity index (χ4n) is 1.54. The minimum Gasteiger partial charge on any atom is -0.508 e. The first-order valence-electron chi connectivity index (χ1n) is 5.25. The molecule has 1 aromatic carbocycles. The molecule has 0 radical (unpaired) electrons. The van der Waals surface area contributed by atoms with Crippen LogP contribution in [0.25, 0.3) is 0 Å². The molecule has 0 aliphatic rings. The molecule has 0 aliphatic carbocycles. The molecule has 0 heterocycles. The van der Waals surface area contributed by atoms with Crippen molar-refractivity contribution >= 4 is 5.78 Å². The lowest BCUT2D eigenvalue weighted by molar-refractivity contribution is 0.0218. The molecular formula is C12H14F2O3. The molecule has 2 N–H and O–H groups in total. The van der Waals surface area contributed by atoms with E-state index in [1.54, 1.807) is 0 Å². The third-order valence-corrected chi connectivity index (χ3v) is 2.40. The number of carbonyl (C=O) groups is 1. The lowest BCUT2D eigenvalue weighted by Crippen LogP contribution is -2.24. The van der Waals surface area contributed by atoms with Gasteiger partial charge in [-0.2, -0.15) is 8.78 Å². The lowest BCUT2D eigenvalue weighted by atomic mass is 9.99. The van der Waals surface area contributed by atoms with E-state index in [0.29, 0.717) is 19.8 Å². The van der Waals surface area contributed by atoms with Crippen LogP contribution in [0.15, 0.2) is 12.1 Å². The Balaban J connectivity index is 3.28. The van der Waals surface area contributed by atoms with E-state index in [1.807, 2.05) is 6.92 Å². The van der Waals surface area contributed by atoms with Crippen molar-refractivity contribution in [1.29, 1.82) is 0 Å². The van der Waals surface area contributed by atoms with E-state index in [2.05, 4.69) is 0 Å². The van der Waals surface area contributed by atoms with Gasteiger partial charge in [-0.25, -0.2) is 0 Å². The Morgan fingerprint density at radius 3 is 2.41 bits per heavy atom. The highest BCUT2D eigenvalue weighted by atomic mass is 19.3. The van der Waals surface area contributed by atoms with Crippen molar-refractivity contribution in [3.05, 3.63) is 23.3 Å². The third-order valence-electron chi connectivity index (χ3n) is 2.40. The Morgan fingerprint density at radius 1 is 1.35 bits per heavy atom. The van der Waals surface area contributed by atoms with Gasteiger partial charge in [0.2, 0.25) is 5.78 Å². The molecular weight excluding hydrogens is 230 g/mol.